The van der Waals surface area contributed by atoms with Crippen LogP contribution in [0.5, 0.6) is 0 Å². The summed E-state index contributed by atoms with van der Waals surface area (Å²) in [6.45, 7) is -0.494. The maximum absolute atomic E-state index is 11.8. The van der Waals surface area contributed by atoms with E-state index in [1.807, 2.05) is 0 Å². The van der Waals surface area contributed by atoms with E-state index in [0.29, 0.717) is 0 Å². The summed E-state index contributed by atoms with van der Waals surface area (Å²) in [5.41, 5.74) is 0.914. The third-order valence-corrected chi connectivity index (χ3v) is 2.41. The SMILES string of the molecule is O=C(CCOCC(F)F)NCc1ccc(C(=O)O)cc1. The maximum atomic E-state index is 11.8. The van der Waals surface area contributed by atoms with Crippen LogP contribution in [0.15, 0.2) is 24.3 Å². The summed E-state index contributed by atoms with van der Waals surface area (Å²) in [4.78, 5) is 22.0. The first-order valence-corrected chi connectivity index (χ1v) is 5.94. The van der Waals surface area contributed by atoms with Crippen molar-refractivity contribution in [2.75, 3.05) is 13.2 Å². The highest BCUT2D eigenvalue weighted by molar-refractivity contribution is 5.87. The molecule has 1 rings (SSSR count). The molecule has 1 amide bonds. The molecule has 0 atom stereocenters. The van der Waals surface area contributed by atoms with E-state index in [1.54, 1.807) is 12.1 Å². The highest BCUT2D eigenvalue weighted by Crippen LogP contribution is 2.04. The van der Waals surface area contributed by atoms with E-state index in [4.69, 9.17) is 5.11 Å². The highest BCUT2D eigenvalue weighted by atomic mass is 19.3. The summed E-state index contributed by atoms with van der Waals surface area (Å²) in [7, 11) is 0. The Morgan fingerprint density at radius 3 is 2.45 bits per heavy atom. The van der Waals surface area contributed by atoms with Crippen molar-refractivity contribution < 1.29 is 28.2 Å². The molecule has 20 heavy (non-hydrogen) atoms. The third kappa shape index (κ3) is 6.24. The van der Waals surface area contributed by atoms with Crippen LogP contribution in [0.25, 0.3) is 0 Å². The molecule has 1 aromatic carbocycles. The van der Waals surface area contributed by atoms with Crippen molar-refractivity contribution >= 4 is 11.9 Å². The van der Waals surface area contributed by atoms with E-state index < -0.39 is 19.0 Å². The van der Waals surface area contributed by atoms with Crippen LogP contribution in [0.3, 0.4) is 0 Å². The predicted octanol–water partition coefficient (Wildman–Crippen LogP) is 1.67. The monoisotopic (exact) mass is 287 g/mol. The number of rotatable bonds is 8. The zero-order valence-corrected chi connectivity index (χ0v) is 10.6. The summed E-state index contributed by atoms with van der Waals surface area (Å²) in [5, 5.41) is 11.3. The zero-order valence-electron chi connectivity index (χ0n) is 10.6. The van der Waals surface area contributed by atoms with E-state index >= 15 is 0 Å². The fourth-order valence-electron chi connectivity index (χ4n) is 1.39. The molecule has 0 aromatic heterocycles. The molecule has 0 heterocycles. The van der Waals surface area contributed by atoms with Crippen LogP contribution in [-0.2, 0) is 16.1 Å². The van der Waals surface area contributed by atoms with E-state index in [9.17, 15) is 18.4 Å². The lowest BCUT2D eigenvalue weighted by molar-refractivity contribution is -0.122. The molecule has 0 saturated carbocycles. The minimum absolute atomic E-state index is 0.0000699. The number of carbonyl (C=O) groups is 2. The van der Waals surface area contributed by atoms with Crippen molar-refractivity contribution in [1.82, 2.24) is 5.32 Å². The first kappa shape index (κ1) is 16.0. The Morgan fingerprint density at radius 1 is 1.25 bits per heavy atom. The van der Waals surface area contributed by atoms with E-state index in [1.165, 1.54) is 12.1 Å². The molecule has 0 bridgehead atoms. The maximum Gasteiger partial charge on any atom is 0.335 e. The van der Waals surface area contributed by atoms with Crippen molar-refractivity contribution in [1.29, 1.82) is 0 Å². The van der Waals surface area contributed by atoms with Crippen LogP contribution in [-0.4, -0.2) is 36.6 Å². The van der Waals surface area contributed by atoms with Crippen molar-refractivity contribution in [2.24, 2.45) is 0 Å². The lowest BCUT2D eigenvalue weighted by atomic mass is 10.1. The minimum atomic E-state index is -2.54. The Labute approximate surface area is 114 Å². The van der Waals surface area contributed by atoms with E-state index in [-0.39, 0.29) is 31.0 Å². The molecule has 0 spiro atoms. The molecule has 5 nitrogen and oxygen atoms in total. The van der Waals surface area contributed by atoms with Gasteiger partial charge in [0.25, 0.3) is 6.43 Å². The van der Waals surface area contributed by atoms with Gasteiger partial charge in [0.2, 0.25) is 5.91 Å². The van der Waals surface area contributed by atoms with Crippen LogP contribution in [0.4, 0.5) is 8.78 Å². The molecule has 0 aliphatic carbocycles. The number of hydrogen-bond acceptors (Lipinski definition) is 3. The second-order valence-electron chi connectivity index (χ2n) is 3.99. The molecule has 1 aromatic rings. The van der Waals surface area contributed by atoms with Gasteiger partial charge in [0.05, 0.1) is 12.2 Å². The smallest absolute Gasteiger partial charge is 0.335 e. The first-order valence-electron chi connectivity index (χ1n) is 5.94. The van der Waals surface area contributed by atoms with E-state index in [2.05, 4.69) is 10.1 Å². The van der Waals surface area contributed by atoms with Crippen LogP contribution in [0.1, 0.15) is 22.3 Å². The number of ether oxygens (including phenoxy) is 1. The molecule has 0 fully saturated rings. The number of carboxylic acids is 1. The normalized spacial score (nSPS) is 10.6. The van der Waals surface area contributed by atoms with Gasteiger partial charge in [0.1, 0.15) is 6.61 Å². The van der Waals surface area contributed by atoms with E-state index in [0.717, 1.165) is 5.56 Å². The molecular formula is C13H15F2NO4. The van der Waals surface area contributed by atoms with Crippen LogP contribution >= 0.6 is 0 Å². The van der Waals surface area contributed by atoms with Gasteiger partial charge >= 0.3 is 5.97 Å². The summed E-state index contributed by atoms with van der Waals surface area (Å²) in [6, 6.07) is 6.07. The lowest BCUT2D eigenvalue weighted by Gasteiger charge is -2.06. The number of nitrogens with one attached hydrogen (secondary N) is 1. The Kier molecular flexibility index (Phi) is 6.58. The van der Waals surface area contributed by atoms with Gasteiger partial charge in [-0.25, -0.2) is 13.6 Å². The Hall–Kier alpha value is -2.02. The molecule has 0 aliphatic rings. The number of carboxylic acid groups (broad SMARTS) is 1. The van der Waals surface area contributed by atoms with Gasteiger partial charge < -0.3 is 15.2 Å². The van der Waals surface area contributed by atoms with Gasteiger partial charge in [-0.3, -0.25) is 4.79 Å². The summed E-state index contributed by atoms with van der Waals surface area (Å²) >= 11 is 0. The van der Waals surface area contributed by atoms with Gasteiger partial charge in [-0.05, 0) is 17.7 Å². The molecule has 0 unspecified atom stereocenters. The lowest BCUT2D eigenvalue weighted by Crippen LogP contribution is -2.24. The minimum Gasteiger partial charge on any atom is -0.478 e. The number of hydrogen-bond donors (Lipinski definition) is 2. The van der Waals surface area contributed by atoms with Crippen molar-refractivity contribution in [2.45, 2.75) is 19.4 Å². The van der Waals surface area contributed by atoms with Crippen LogP contribution in [0, 0.1) is 0 Å². The topological polar surface area (TPSA) is 75.6 Å². The molecule has 7 heteroatoms. The average Bonchev–Trinajstić information content (AvgIpc) is 2.41. The van der Waals surface area contributed by atoms with Crippen LogP contribution in [0.2, 0.25) is 0 Å². The molecule has 0 saturated heterocycles. The summed E-state index contributed by atoms with van der Waals surface area (Å²) in [5.74, 6) is -1.33. The number of carbonyl (C=O) groups excluding carboxylic acids is 1. The summed E-state index contributed by atoms with van der Waals surface area (Å²) < 4.78 is 28.1. The van der Waals surface area contributed by atoms with Crippen molar-refractivity contribution in [3.05, 3.63) is 35.4 Å². The first-order chi connectivity index (χ1) is 9.49. The number of amides is 1. The van der Waals surface area contributed by atoms with Crippen molar-refractivity contribution in [3.8, 4) is 0 Å². The number of halogens is 2. The molecule has 0 aliphatic heterocycles. The Bertz CT molecular complexity index is 448. The molecule has 2 N–H and O–H groups in total. The van der Waals surface area contributed by atoms with Gasteiger partial charge in [-0.2, -0.15) is 0 Å². The fourth-order valence-corrected chi connectivity index (χ4v) is 1.39. The molecule has 110 valence electrons. The van der Waals surface area contributed by atoms with Crippen molar-refractivity contribution in [3.63, 3.8) is 0 Å². The third-order valence-electron chi connectivity index (χ3n) is 2.41. The summed E-state index contributed by atoms with van der Waals surface area (Å²) in [6.07, 6.45) is -2.54. The Morgan fingerprint density at radius 2 is 1.90 bits per heavy atom. The number of benzene rings is 1. The largest absolute Gasteiger partial charge is 0.478 e. The second-order valence-corrected chi connectivity index (χ2v) is 3.99. The van der Waals surface area contributed by atoms with Crippen LogP contribution < -0.4 is 5.32 Å². The molecule has 0 radical (unpaired) electrons. The van der Waals surface area contributed by atoms with Gasteiger partial charge in [0.15, 0.2) is 0 Å². The number of aromatic carboxylic acids is 1. The second kappa shape index (κ2) is 8.21. The van der Waals surface area contributed by atoms with Gasteiger partial charge in [-0.1, -0.05) is 12.1 Å². The number of alkyl halides is 2. The highest BCUT2D eigenvalue weighted by Gasteiger charge is 2.05. The Balaban J connectivity index is 2.25. The zero-order chi connectivity index (χ0) is 15.0. The van der Waals surface area contributed by atoms with Gasteiger partial charge in [0, 0.05) is 13.0 Å². The quantitative estimate of drug-likeness (QED) is 0.713. The molecular weight excluding hydrogens is 272 g/mol. The fraction of sp³-hybridized carbons (Fsp3) is 0.385. The predicted molar refractivity (Wildman–Crippen MR) is 66.7 cm³/mol. The average molecular weight is 287 g/mol. The standard InChI is InChI=1S/C13H15F2NO4/c14-11(15)8-20-6-5-12(17)16-7-9-1-3-10(4-2-9)13(18)19/h1-4,11H,5-8H2,(H,16,17)(H,18,19). The van der Waals surface area contributed by atoms with Gasteiger partial charge in [-0.15, -0.1) is 0 Å².